The number of nitrogens with zero attached hydrogens (tertiary/aromatic N) is 2. The van der Waals surface area contributed by atoms with Crippen LogP contribution in [0.4, 0.5) is 20.2 Å². The molecule has 0 aromatic heterocycles. The second kappa shape index (κ2) is 10.2. The molecule has 2 amide bonds. The van der Waals surface area contributed by atoms with Crippen molar-refractivity contribution in [3.05, 3.63) is 48.5 Å². The van der Waals surface area contributed by atoms with Crippen LogP contribution in [-0.2, 0) is 9.59 Å². The topological polar surface area (TPSA) is 80.2 Å². The Bertz CT molecular complexity index is 998. The van der Waals surface area contributed by atoms with Gasteiger partial charge in [-0.3, -0.25) is 14.5 Å². The molecule has 1 saturated heterocycles. The molecule has 1 N–H and O–H groups in total. The number of nitrogens with one attached hydrogen (secondary N) is 1. The number of hydrogen-bond acceptors (Lipinski definition) is 6. The van der Waals surface area contributed by atoms with E-state index < -0.39 is 16.7 Å². The number of anilines is 1. The lowest BCUT2D eigenvalue weighted by Gasteiger charge is -2.30. The number of amidine groups is 1. The van der Waals surface area contributed by atoms with E-state index >= 15 is 0 Å². The van der Waals surface area contributed by atoms with Crippen molar-refractivity contribution in [2.75, 3.05) is 19.0 Å². The fourth-order valence-corrected chi connectivity index (χ4v) is 4.13. The molecule has 0 spiro atoms. The Labute approximate surface area is 192 Å². The maximum absolute atomic E-state index is 12.8. The number of halogens is 3. The first-order chi connectivity index (χ1) is 15.2. The number of amides is 2. The highest BCUT2D eigenvalue weighted by atomic mass is 35.5. The summed E-state index contributed by atoms with van der Waals surface area (Å²) in [6.45, 7) is 2.25. The SMILES string of the molecule is CCN1C(=O)C[C@@H](C(=O)Nc2ccc(OC(F)(F)Cl)cc2)SC1=Nc1ccc(OC)cc1. The number of thioether (sulfide) groups is 1. The molecule has 1 aliphatic heterocycles. The predicted molar refractivity (Wildman–Crippen MR) is 120 cm³/mol. The van der Waals surface area contributed by atoms with Gasteiger partial charge in [-0.15, -0.1) is 8.78 Å². The van der Waals surface area contributed by atoms with Crippen LogP contribution in [-0.4, -0.2) is 46.4 Å². The Kier molecular flexibility index (Phi) is 7.57. The molecular formula is C21H20ClF2N3O4S. The van der Waals surface area contributed by atoms with Gasteiger partial charge in [0.05, 0.1) is 12.8 Å². The molecule has 0 bridgehead atoms. The standard InChI is InChI=1S/C21H20ClF2N3O4S/c1-3-27-18(28)12-17(32-20(27)26-14-4-8-15(30-2)9-5-14)19(29)25-13-6-10-16(11-7-13)31-21(22,23)24/h4-11,17H,3,12H2,1-2H3,(H,25,29)/t17-/m0/s1. The maximum atomic E-state index is 12.8. The zero-order valence-corrected chi connectivity index (χ0v) is 18.8. The smallest absolute Gasteiger partial charge is 0.487 e. The highest BCUT2D eigenvalue weighted by Gasteiger charge is 2.35. The van der Waals surface area contributed by atoms with Gasteiger partial charge in [-0.25, -0.2) is 4.99 Å². The highest BCUT2D eigenvalue weighted by molar-refractivity contribution is 8.15. The minimum atomic E-state index is -3.82. The number of benzene rings is 2. The zero-order chi connectivity index (χ0) is 23.3. The molecule has 1 atom stereocenters. The van der Waals surface area contributed by atoms with Crippen molar-refractivity contribution in [2.24, 2.45) is 4.99 Å². The molecule has 11 heteroatoms. The van der Waals surface area contributed by atoms with Crippen molar-refractivity contribution in [3.8, 4) is 11.5 Å². The molecule has 0 unspecified atom stereocenters. The summed E-state index contributed by atoms with van der Waals surface area (Å²) < 4.78 is 34.8. The molecule has 2 aromatic rings. The largest absolute Gasteiger partial charge is 0.497 e. The predicted octanol–water partition coefficient (Wildman–Crippen LogP) is 4.84. The summed E-state index contributed by atoms with van der Waals surface area (Å²) in [4.78, 5) is 31.4. The van der Waals surface area contributed by atoms with Crippen LogP contribution in [0, 0.1) is 0 Å². The number of rotatable bonds is 7. The quantitative estimate of drug-likeness (QED) is 0.570. The van der Waals surface area contributed by atoms with E-state index in [0.29, 0.717) is 28.8 Å². The Morgan fingerprint density at radius 2 is 1.84 bits per heavy atom. The molecule has 1 fully saturated rings. The van der Waals surface area contributed by atoms with Gasteiger partial charge in [0.2, 0.25) is 11.8 Å². The first-order valence-electron chi connectivity index (χ1n) is 9.55. The molecule has 7 nitrogen and oxygen atoms in total. The molecule has 170 valence electrons. The highest BCUT2D eigenvalue weighted by Crippen LogP contribution is 2.31. The normalized spacial score (nSPS) is 17.9. The number of hydrogen-bond donors (Lipinski definition) is 1. The van der Waals surface area contributed by atoms with Crippen LogP contribution in [0.3, 0.4) is 0 Å². The minimum Gasteiger partial charge on any atom is -0.497 e. The van der Waals surface area contributed by atoms with Crippen molar-refractivity contribution in [2.45, 2.75) is 24.2 Å². The fourth-order valence-electron chi connectivity index (χ4n) is 2.88. The number of aliphatic imine (C=N–C) groups is 1. The average Bonchev–Trinajstić information content (AvgIpc) is 2.74. The van der Waals surface area contributed by atoms with E-state index in [4.69, 9.17) is 16.3 Å². The molecular weight excluding hydrogens is 464 g/mol. The minimum absolute atomic E-state index is 0.00559. The van der Waals surface area contributed by atoms with Gasteiger partial charge in [0.1, 0.15) is 16.7 Å². The van der Waals surface area contributed by atoms with Crippen LogP contribution in [0.25, 0.3) is 0 Å². The van der Waals surface area contributed by atoms with Crippen LogP contribution < -0.4 is 14.8 Å². The number of carbonyl (C=O) groups is 2. The summed E-state index contributed by atoms with van der Waals surface area (Å²) in [5.41, 5.74) is -2.85. The van der Waals surface area contributed by atoms with Crippen molar-refractivity contribution >= 4 is 51.7 Å². The monoisotopic (exact) mass is 483 g/mol. The van der Waals surface area contributed by atoms with E-state index in [-0.39, 0.29) is 18.1 Å². The van der Waals surface area contributed by atoms with Gasteiger partial charge in [0, 0.05) is 30.3 Å². The van der Waals surface area contributed by atoms with Crippen LogP contribution in [0.15, 0.2) is 53.5 Å². The lowest BCUT2D eigenvalue weighted by Crippen LogP contribution is -2.45. The van der Waals surface area contributed by atoms with Crippen LogP contribution in [0.2, 0.25) is 0 Å². The van der Waals surface area contributed by atoms with Crippen molar-refractivity contribution in [1.82, 2.24) is 4.90 Å². The molecule has 3 rings (SSSR count). The fraction of sp³-hybridized carbons (Fsp3) is 0.286. The summed E-state index contributed by atoms with van der Waals surface area (Å²) in [5.74, 6) is -0.0977. The number of carbonyl (C=O) groups excluding carboxylic acids is 2. The summed E-state index contributed by atoms with van der Waals surface area (Å²) in [7, 11) is 1.56. The van der Waals surface area contributed by atoms with Gasteiger partial charge in [-0.1, -0.05) is 11.8 Å². The van der Waals surface area contributed by atoms with Crippen molar-refractivity contribution in [3.63, 3.8) is 0 Å². The van der Waals surface area contributed by atoms with Gasteiger partial charge in [0.15, 0.2) is 5.17 Å². The third-order valence-electron chi connectivity index (χ3n) is 4.40. The van der Waals surface area contributed by atoms with Crippen molar-refractivity contribution < 1.29 is 27.8 Å². The van der Waals surface area contributed by atoms with E-state index in [2.05, 4.69) is 15.0 Å². The summed E-state index contributed by atoms with van der Waals surface area (Å²) in [5, 5.41) is 2.39. The van der Waals surface area contributed by atoms with Gasteiger partial charge in [-0.2, -0.15) is 0 Å². The molecule has 1 heterocycles. The van der Waals surface area contributed by atoms with Gasteiger partial charge >= 0.3 is 5.57 Å². The number of alkyl halides is 3. The van der Waals surface area contributed by atoms with Crippen LogP contribution in [0.5, 0.6) is 11.5 Å². The first-order valence-corrected chi connectivity index (χ1v) is 10.8. The Hall–Kier alpha value is -2.85. The first kappa shape index (κ1) is 23.8. The van der Waals surface area contributed by atoms with E-state index in [1.807, 2.05) is 6.92 Å². The van der Waals surface area contributed by atoms with E-state index in [0.717, 1.165) is 0 Å². The Balaban J connectivity index is 1.72. The average molecular weight is 484 g/mol. The lowest BCUT2D eigenvalue weighted by molar-refractivity contribution is -0.129. The van der Waals surface area contributed by atoms with E-state index in [9.17, 15) is 18.4 Å². The zero-order valence-electron chi connectivity index (χ0n) is 17.2. The Morgan fingerprint density at radius 1 is 1.22 bits per heavy atom. The molecule has 0 aliphatic carbocycles. The van der Waals surface area contributed by atoms with Gasteiger partial charge in [0.25, 0.3) is 0 Å². The molecule has 2 aromatic carbocycles. The second-order valence-corrected chi connectivity index (χ2v) is 8.21. The van der Waals surface area contributed by atoms with Crippen LogP contribution in [0.1, 0.15) is 13.3 Å². The number of methoxy groups -OCH3 is 1. The second-order valence-electron chi connectivity index (χ2n) is 6.60. The molecule has 0 radical (unpaired) electrons. The maximum Gasteiger partial charge on any atom is 0.487 e. The van der Waals surface area contributed by atoms with Crippen LogP contribution >= 0.6 is 23.4 Å². The molecule has 0 saturated carbocycles. The third kappa shape index (κ3) is 6.33. The van der Waals surface area contributed by atoms with Gasteiger partial charge in [-0.05, 0) is 55.5 Å². The third-order valence-corrected chi connectivity index (χ3v) is 5.67. The Morgan fingerprint density at radius 3 is 2.41 bits per heavy atom. The van der Waals surface area contributed by atoms with Gasteiger partial charge < -0.3 is 14.8 Å². The molecule has 32 heavy (non-hydrogen) atoms. The molecule has 1 aliphatic rings. The van der Waals surface area contributed by atoms with E-state index in [1.165, 1.54) is 40.9 Å². The number of ether oxygens (including phenoxy) is 2. The summed E-state index contributed by atoms with van der Waals surface area (Å²) >= 11 is 5.92. The van der Waals surface area contributed by atoms with E-state index in [1.54, 1.807) is 31.4 Å². The summed E-state index contributed by atoms with van der Waals surface area (Å²) in [6, 6.07) is 12.3. The lowest BCUT2D eigenvalue weighted by atomic mass is 10.2. The van der Waals surface area contributed by atoms with Crippen molar-refractivity contribution in [1.29, 1.82) is 0 Å². The summed E-state index contributed by atoms with van der Waals surface area (Å²) in [6.07, 6.45) is 0.00559.